The summed E-state index contributed by atoms with van der Waals surface area (Å²) in [6, 6.07) is -0.339. The van der Waals surface area contributed by atoms with Crippen molar-refractivity contribution in [3.63, 3.8) is 0 Å². The molecule has 0 bridgehead atoms. The highest BCUT2D eigenvalue weighted by atomic mass is 32.1. The van der Waals surface area contributed by atoms with E-state index in [1.54, 1.807) is 14.0 Å². The van der Waals surface area contributed by atoms with Gasteiger partial charge in [0.1, 0.15) is 9.88 Å². The van der Waals surface area contributed by atoms with Crippen LogP contribution in [0.4, 0.5) is 4.79 Å². The molecule has 0 aliphatic rings. The van der Waals surface area contributed by atoms with E-state index in [0.29, 0.717) is 10.7 Å². The van der Waals surface area contributed by atoms with Gasteiger partial charge >= 0.3 is 12.0 Å². The van der Waals surface area contributed by atoms with E-state index in [4.69, 9.17) is 10.2 Å². The van der Waals surface area contributed by atoms with Crippen LogP contribution in [0.3, 0.4) is 0 Å². The van der Waals surface area contributed by atoms with E-state index in [0.717, 1.165) is 11.3 Å². The van der Waals surface area contributed by atoms with Gasteiger partial charge in [-0.2, -0.15) is 0 Å². The largest absolute Gasteiger partial charge is 0.477 e. The van der Waals surface area contributed by atoms with Crippen molar-refractivity contribution in [1.82, 2.24) is 15.2 Å². The van der Waals surface area contributed by atoms with Crippen LogP contribution in [-0.2, 0) is 6.54 Å². The number of urea groups is 1. The summed E-state index contributed by atoms with van der Waals surface area (Å²) in [5.74, 6) is -1.01. The van der Waals surface area contributed by atoms with Gasteiger partial charge in [-0.25, -0.2) is 14.6 Å². The number of nitrogens with one attached hydrogen (secondary N) is 1. The zero-order chi connectivity index (χ0) is 13.7. The number of likely N-dealkylation sites (N-methyl/N-ethyl adjacent to an activating group) is 1. The van der Waals surface area contributed by atoms with Crippen molar-refractivity contribution in [2.24, 2.45) is 0 Å². The van der Waals surface area contributed by atoms with Gasteiger partial charge in [-0.1, -0.05) is 0 Å². The number of amides is 2. The summed E-state index contributed by atoms with van der Waals surface area (Å²) < 4.78 is 0. The molecule has 0 aromatic carbocycles. The number of aliphatic hydroxyl groups excluding tert-OH is 1. The highest BCUT2D eigenvalue weighted by molar-refractivity contribution is 7.13. The zero-order valence-electron chi connectivity index (χ0n) is 10.1. The van der Waals surface area contributed by atoms with E-state index in [1.807, 2.05) is 0 Å². The van der Waals surface area contributed by atoms with Crippen molar-refractivity contribution in [1.29, 1.82) is 0 Å². The molecule has 0 saturated carbocycles. The van der Waals surface area contributed by atoms with E-state index in [2.05, 4.69) is 10.3 Å². The van der Waals surface area contributed by atoms with Crippen molar-refractivity contribution in [2.45, 2.75) is 13.5 Å². The predicted octanol–water partition coefficient (Wildman–Crippen LogP) is 0.283. The smallest absolute Gasteiger partial charge is 0.347 e. The maximum absolute atomic E-state index is 11.5. The van der Waals surface area contributed by atoms with Gasteiger partial charge in [0, 0.05) is 13.6 Å². The van der Waals surface area contributed by atoms with Crippen LogP contribution >= 0.6 is 11.3 Å². The number of hydrogen-bond acceptors (Lipinski definition) is 5. The third-order valence-corrected chi connectivity index (χ3v) is 3.35. The van der Waals surface area contributed by atoms with Crippen LogP contribution in [0, 0.1) is 6.92 Å². The lowest BCUT2D eigenvalue weighted by Gasteiger charge is -2.15. The number of nitrogens with zero attached hydrogens (tertiary/aromatic N) is 2. The Morgan fingerprint density at radius 1 is 1.50 bits per heavy atom. The molecular weight excluding hydrogens is 258 g/mol. The molecule has 3 N–H and O–H groups in total. The Balaban J connectivity index is 2.56. The second-order valence-electron chi connectivity index (χ2n) is 3.63. The second-order valence-corrected chi connectivity index (χ2v) is 4.71. The number of aliphatic hydroxyl groups is 1. The summed E-state index contributed by atoms with van der Waals surface area (Å²) >= 11 is 1.04. The van der Waals surface area contributed by atoms with Gasteiger partial charge in [0.25, 0.3) is 0 Å². The van der Waals surface area contributed by atoms with Crippen molar-refractivity contribution in [3.05, 3.63) is 15.6 Å². The van der Waals surface area contributed by atoms with E-state index < -0.39 is 5.97 Å². The Morgan fingerprint density at radius 3 is 2.67 bits per heavy atom. The molecule has 2 amide bonds. The first-order valence-electron chi connectivity index (χ1n) is 5.25. The average molecular weight is 273 g/mol. The molecular formula is C10H15N3O4S. The van der Waals surface area contributed by atoms with Crippen LogP contribution in [0.25, 0.3) is 0 Å². The van der Waals surface area contributed by atoms with Crippen molar-refractivity contribution in [2.75, 3.05) is 20.2 Å². The number of carboxylic acids is 1. The predicted molar refractivity (Wildman–Crippen MR) is 65.8 cm³/mol. The van der Waals surface area contributed by atoms with Crippen LogP contribution in [0.5, 0.6) is 0 Å². The number of aromatic carboxylic acids is 1. The number of aryl methyl sites for hydroxylation is 1. The maximum Gasteiger partial charge on any atom is 0.347 e. The fraction of sp³-hybridized carbons (Fsp3) is 0.500. The molecule has 100 valence electrons. The van der Waals surface area contributed by atoms with E-state index >= 15 is 0 Å². The summed E-state index contributed by atoms with van der Waals surface area (Å²) in [7, 11) is 1.56. The minimum atomic E-state index is -1.01. The van der Waals surface area contributed by atoms with E-state index in [-0.39, 0.29) is 30.6 Å². The molecule has 0 spiro atoms. The van der Waals surface area contributed by atoms with Gasteiger partial charge in [0.05, 0.1) is 18.8 Å². The van der Waals surface area contributed by atoms with Crippen LogP contribution in [0.1, 0.15) is 20.4 Å². The first kappa shape index (κ1) is 14.4. The van der Waals surface area contributed by atoms with Gasteiger partial charge in [-0.3, -0.25) is 0 Å². The SMILES string of the molecule is Cc1nc(CNC(=O)N(C)CCO)sc1C(=O)O. The first-order valence-corrected chi connectivity index (χ1v) is 6.06. The first-order chi connectivity index (χ1) is 8.45. The van der Waals surface area contributed by atoms with Crippen molar-refractivity contribution >= 4 is 23.3 Å². The van der Waals surface area contributed by atoms with E-state index in [9.17, 15) is 9.59 Å². The highest BCUT2D eigenvalue weighted by Gasteiger charge is 2.15. The van der Waals surface area contributed by atoms with Crippen LogP contribution in [0.2, 0.25) is 0 Å². The van der Waals surface area contributed by atoms with Crippen LogP contribution in [0.15, 0.2) is 0 Å². The fourth-order valence-corrected chi connectivity index (χ4v) is 2.11. The summed E-state index contributed by atoms with van der Waals surface area (Å²) in [4.78, 5) is 27.9. The minimum absolute atomic E-state index is 0.108. The molecule has 0 unspecified atom stereocenters. The van der Waals surface area contributed by atoms with Gasteiger partial charge in [0.2, 0.25) is 0 Å². The van der Waals surface area contributed by atoms with Gasteiger partial charge in [-0.05, 0) is 6.92 Å². The number of thiazole rings is 1. The van der Waals surface area contributed by atoms with Gasteiger partial charge < -0.3 is 20.4 Å². The van der Waals surface area contributed by atoms with Crippen molar-refractivity contribution in [3.8, 4) is 0 Å². The van der Waals surface area contributed by atoms with Gasteiger partial charge in [-0.15, -0.1) is 11.3 Å². The fourth-order valence-electron chi connectivity index (χ4n) is 1.26. The Bertz CT molecular complexity index is 446. The summed E-state index contributed by atoms with van der Waals surface area (Å²) in [6.07, 6.45) is 0. The number of rotatable bonds is 5. The Kier molecular flexibility index (Phi) is 5.05. The molecule has 18 heavy (non-hydrogen) atoms. The van der Waals surface area contributed by atoms with Crippen molar-refractivity contribution < 1.29 is 19.8 Å². The molecule has 1 rings (SSSR count). The third kappa shape index (κ3) is 3.67. The topological polar surface area (TPSA) is 103 Å². The second kappa shape index (κ2) is 6.31. The van der Waals surface area contributed by atoms with Crippen LogP contribution in [-0.4, -0.2) is 52.3 Å². The quantitative estimate of drug-likeness (QED) is 0.715. The lowest BCUT2D eigenvalue weighted by molar-refractivity contribution is 0.0701. The molecule has 1 aromatic rings. The van der Waals surface area contributed by atoms with Gasteiger partial charge in [0.15, 0.2) is 0 Å². The zero-order valence-corrected chi connectivity index (χ0v) is 11.0. The number of carboxylic acid groups (broad SMARTS) is 1. The summed E-state index contributed by atoms with van der Waals surface area (Å²) in [6.45, 7) is 1.92. The molecule has 0 fully saturated rings. The monoisotopic (exact) mass is 273 g/mol. The Morgan fingerprint density at radius 2 is 2.17 bits per heavy atom. The maximum atomic E-state index is 11.5. The number of carbonyl (C=O) groups excluding carboxylic acids is 1. The third-order valence-electron chi connectivity index (χ3n) is 2.21. The van der Waals surface area contributed by atoms with Crippen LogP contribution < -0.4 is 5.32 Å². The molecule has 0 atom stereocenters. The number of carbonyl (C=O) groups is 2. The molecule has 7 nitrogen and oxygen atoms in total. The molecule has 0 aliphatic heterocycles. The summed E-state index contributed by atoms with van der Waals surface area (Å²) in [5.41, 5.74) is 0.445. The Hall–Kier alpha value is -1.67. The number of hydrogen-bond donors (Lipinski definition) is 3. The molecule has 0 aliphatic carbocycles. The summed E-state index contributed by atoms with van der Waals surface area (Å²) in [5, 5.41) is 20.7. The molecule has 1 heterocycles. The number of aromatic nitrogens is 1. The van der Waals surface area contributed by atoms with E-state index in [1.165, 1.54) is 4.90 Å². The molecule has 8 heteroatoms. The lowest BCUT2D eigenvalue weighted by atomic mass is 10.4. The Labute approximate surface area is 108 Å². The standard InChI is InChI=1S/C10H15N3O4S/c1-6-8(9(15)16)18-7(12-6)5-11-10(17)13(2)3-4-14/h14H,3-5H2,1-2H3,(H,11,17)(H,15,16). The molecule has 0 radical (unpaired) electrons. The normalized spacial score (nSPS) is 10.2. The molecule has 0 saturated heterocycles. The minimum Gasteiger partial charge on any atom is -0.477 e. The highest BCUT2D eigenvalue weighted by Crippen LogP contribution is 2.17. The average Bonchev–Trinajstić information content (AvgIpc) is 2.68. The molecule has 1 aromatic heterocycles. The lowest BCUT2D eigenvalue weighted by Crippen LogP contribution is -2.38.